The van der Waals surface area contributed by atoms with Crippen molar-refractivity contribution in [2.75, 3.05) is 13.2 Å². The molecule has 0 amide bonds. The molecule has 2 fully saturated rings. The molecule has 64 valence electrons. The molecule has 3 heteroatoms. The first-order chi connectivity index (χ1) is 5.36. The van der Waals surface area contributed by atoms with Crippen molar-refractivity contribution in [2.45, 2.75) is 25.0 Å². The summed E-state index contributed by atoms with van der Waals surface area (Å²) in [7, 11) is 0. The summed E-state index contributed by atoms with van der Waals surface area (Å²) in [6, 6.07) is 0. The fourth-order valence-corrected chi connectivity index (χ4v) is 2.45. The van der Waals surface area contributed by atoms with E-state index in [0.29, 0.717) is 30.6 Å². The van der Waals surface area contributed by atoms with Gasteiger partial charge in [-0.15, -0.1) is 0 Å². The third-order valence-corrected chi connectivity index (χ3v) is 3.07. The lowest BCUT2D eigenvalue weighted by molar-refractivity contribution is 0.0787. The zero-order valence-corrected chi connectivity index (χ0v) is 6.57. The Morgan fingerprint density at radius 3 is 2.36 bits per heavy atom. The number of hydrogen-bond donors (Lipinski definition) is 2. The highest BCUT2D eigenvalue weighted by molar-refractivity contribution is 4.96. The molecule has 2 aliphatic rings. The zero-order valence-electron chi connectivity index (χ0n) is 6.57. The van der Waals surface area contributed by atoms with E-state index >= 15 is 0 Å². The van der Waals surface area contributed by atoms with Gasteiger partial charge in [0.05, 0.1) is 12.2 Å². The van der Waals surface area contributed by atoms with Crippen molar-refractivity contribution >= 4 is 0 Å². The monoisotopic (exact) mass is 157 g/mol. The minimum absolute atomic E-state index is 0.239. The van der Waals surface area contributed by atoms with Crippen LogP contribution in [-0.2, 0) is 4.74 Å². The quantitative estimate of drug-likeness (QED) is 0.580. The summed E-state index contributed by atoms with van der Waals surface area (Å²) < 4.78 is 5.64. The molecule has 0 aromatic heterocycles. The van der Waals surface area contributed by atoms with Crippen molar-refractivity contribution in [1.29, 1.82) is 0 Å². The number of ether oxygens (including phenoxy) is 1. The lowest BCUT2D eigenvalue weighted by atomic mass is 9.80. The van der Waals surface area contributed by atoms with Gasteiger partial charge in [-0.3, -0.25) is 0 Å². The largest absolute Gasteiger partial charge is 0.396 e. The average Bonchev–Trinajstić information content (AvgIpc) is 2.60. The van der Waals surface area contributed by atoms with Gasteiger partial charge in [0.2, 0.25) is 0 Å². The number of rotatable bonds is 2. The number of aliphatic hydroxyl groups excluding tert-OH is 1. The topological polar surface area (TPSA) is 55.5 Å². The molecule has 0 unspecified atom stereocenters. The first kappa shape index (κ1) is 7.53. The Morgan fingerprint density at radius 2 is 1.91 bits per heavy atom. The molecule has 2 saturated heterocycles. The zero-order chi connectivity index (χ0) is 7.84. The lowest BCUT2D eigenvalue weighted by Crippen LogP contribution is -2.34. The Kier molecular flexibility index (Phi) is 1.87. The van der Waals surface area contributed by atoms with E-state index in [1.165, 1.54) is 0 Å². The summed E-state index contributed by atoms with van der Waals surface area (Å²) in [5.41, 5.74) is 5.60. The summed E-state index contributed by atoms with van der Waals surface area (Å²) in [5.74, 6) is 0.734. The first-order valence-electron chi connectivity index (χ1n) is 4.33. The van der Waals surface area contributed by atoms with Gasteiger partial charge in [0.25, 0.3) is 0 Å². The van der Waals surface area contributed by atoms with Crippen molar-refractivity contribution in [3.63, 3.8) is 0 Å². The predicted molar refractivity (Wildman–Crippen MR) is 41.0 cm³/mol. The average molecular weight is 157 g/mol. The van der Waals surface area contributed by atoms with Gasteiger partial charge in [-0.05, 0) is 19.4 Å². The van der Waals surface area contributed by atoms with E-state index in [9.17, 15) is 0 Å². The van der Waals surface area contributed by atoms with Crippen LogP contribution in [0.15, 0.2) is 0 Å². The molecule has 0 radical (unpaired) electrons. The van der Waals surface area contributed by atoms with Crippen molar-refractivity contribution < 1.29 is 9.84 Å². The van der Waals surface area contributed by atoms with Crippen LogP contribution in [0.5, 0.6) is 0 Å². The predicted octanol–water partition coefficient (Wildman–Crippen LogP) is -0.269. The molecule has 3 nitrogen and oxygen atoms in total. The molecule has 2 aliphatic heterocycles. The maximum atomic E-state index is 9.05. The molecule has 0 aromatic rings. The molecule has 11 heavy (non-hydrogen) atoms. The summed E-state index contributed by atoms with van der Waals surface area (Å²) in [6.07, 6.45) is 2.91. The standard InChI is InChI=1S/C8H15NO2/c9-3-5-6(4-10)8-2-1-7(5)11-8/h5-8,10H,1-4,9H2/t5-,6+,7+,8+/m0/s1. The Morgan fingerprint density at radius 1 is 1.27 bits per heavy atom. The fourth-order valence-electron chi connectivity index (χ4n) is 2.45. The van der Waals surface area contributed by atoms with E-state index in [2.05, 4.69) is 0 Å². The number of hydrogen-bond acceptors (Lipinski definition) is 3. The molecule has 0 spiro atoms. The van der Waals surface area contributed by atoms with Crippen molar-refractivity contribution in [1.82, 2.24) is 0 Å². The summed E-state index contributed by atoms with van der Waals surface area (Å²) >= 11 is 0. The number of aliphatic hydroxyl groups is 1. The summed E-state index contributed by atoms with van der Waals surface area (Å²) in [5, 5.41) is 9.05. The minimum atomic E-state index is 0.239. The highest BCUT2D eigenvalue weighted by atomic mass is 16.5. The Labute approximate surface area is 66.5 Å². The van der Waals surface area contributed by atoms with E-state index in [-0.39, 0.29) is 6.61 Å². The van der Waals surface area contributed by atoms with Crippen LogP contribution in [0.4, 0.5) is 0 Å². The van der Waals surface area contributed by atoms with Crippen LogP contribution in [0.1, 0.15) is 12.8 Å². The maximum absolute atomic E-state index is 9.05. The minimum Gasteiger partial charge on any atom is -0.396 e. The maximum Gasteiger partial charge on any atom is 0.0634 e. The van der Waals surface area contributed by atoms with Crippen LogP contribution < -0.4 is 5.73 Å². The van der Waals surface area contributed by atoms with Crippen LogP contribution in [0.2, 0.25) is 0 Å². The molecule has 0 saturated carbocycles. The molecule has 0 aromatic carbocycles. The normalized spacial score (nSPS) is 48.5. The second-order valence-electron chi connectivity index (χ2n) is 3.54. The fraction of sp³-hybridized carbons (Fsp3) is 1.00. The molecule has 2 bridgehead atoms. The van der Waals surface area contributed by atoms with Crippen molar-refractivity contribution in [2.24, 2.45) is 17.6 Å². The lowest BCUT2D eigenvalue weighted by Gasteiger charge is -2.24. The Hall–Kier alpha value is -0.120. The van der Waals surface area contributed by atoms with E-state index in [4.69, 9.17) is 15.6 Å². The van der Waals surface area contributed by atoms with E-state index in [0.717, 1.165) is 12.8 Å². The molecular weight excluding hydrogens is 142 g/mol. The molecule has 2 rings (SSSR count). The second-order valence-corrected chi connectivity index (χ2v) is 3.54. The van der Waals surface area contributed by atoms with Crippen LogP contribution in [-0.4, -0.2) is 30.5 Å². The molecule has 4 atom stereocenters. The summed E-state index contributed by atoms with van der Waals surface area (Å²) in [6.45, 7) is 0.898. The highest BCUT2D eigenvalue weighted by Crippen LogP contribution is 2.42. The Balaban J connectivity index is 2.08. The van der Waals surface area contributed by atoms with E-state index in [1.54, 1.807) is 0 Å². The van der Waals surface area contributed by atoms with Crippen LogP contribution in [0.25, 0.3) is 0 Å². The number of fused-ring (bicyclic) bond motifs is 2. The van der Waals surface area contributed by atoms with Crippen LogP contribution >= 0.6 is 0 Å². The van der Waals surface area contributed by atoms with E-state index in [1.807, 2.05) is 0 Å². The van der Waals surface area contributed by atoms with Gasteiger partial charge in [-0.1, -0.05) is 0 Å². The van der Waals surface area contributed by atoms with Gasteiger partial charge in [0, 0.05) is 18.4 Å². The summed E-state index contributed by atoms with van der Waals surface area (Å²) in [4.78, 5) is 0. The van der Waals surface area contributed by atoms with Crippen molar-refractivity contribution in [3.8, 4) is 0 Å². The highest BCUT2D eigenvalue weighted by Gasteiger charge is 2.47. The smallest absolute Gasteiger partial charge is 0.0634 e. The van der Waals surface area contributed by atoms with Gasteiger partial charge in [-0.2, -0.15) is 0 Å². The SMILES string of the molecule is NC[C@H]1[C@@H](CO)[C@H]2CC[C@H]1O2. The molecule has 0 aliphatic carbocycles. The van der Waals surface area contributed by atoms with Gasteiger partial charge in [-0.25, -0.2) is 0 Å². The number of nitrogens with two attached hydrogens (primary N) is 1. The third-order valence-electron chi connectivity index (χ3n) is 3.07. The van der Waals surface area contributed by atoms with Crippen molar-refractivity contribution in [3.05, 3.63) is 0 Å². The second kappa shape index (κ2) is 2.73. The Bertz CT molecular complexity index is 135. The van der Waals surface area contributed by atoms with Gasteiger partial charge >= 0.3 is 0 Å². The van der Waals surface area contributed by atoms with Gasteiger partial charge in [0.15, 0.2) is 0 Å². The van der Waals surface area contributed by atoms with Crippen LogP contribution in [0, 0.1) is 11.8 Å². The third kappa shape index (κ3) is 0.991. The first-order valence-corrected chi connectivity index (χ1v) is 4.33. The van der Waals surface area contributed by atoms with E-state index < -0.39 is 0 Å². The molecular formula is C8H15NO2. The molecule has 2 heterocycles. The van der Waals surface area contributed by atoms with Crippen LogP contribution in [0.3, 0.4) is 0 Å². The molecule has 3 N–H and O–H groups in total. The van der Waals surface area contributed by atoms with Gasteiger partial charge in [0.1, 0.15) is 0 Å². The van der Waals surface area contributed by atoms with Gasteiger partial charge < -0.3 is 15.6 Å².